The molecule has 1 heterocycles. The van der Waals surface area contributed by atoms with Gasteiger partial charge in [0.15, 0.2) is 0 Å². The van der Waals surface area contributed by atoms with Crippen LogP contribution in [0.25, 0.3) is 0 Å². The van der Waals surface area contributed by atoms with Crippen molar-refractivity contribution in [1.82, 2.24) is 0 Å². The summed E-state index contributed by atoms with van der Waals surface area (Å²) in [5.74, 6) is 0. The zero-order chi connectivity index (χ0) is 13.6. The van der Waals surface area contributed by atoms with E-state index in [0.717, 1.165) is 6.42 Å². The Morgan fingerprint density at radius 2 is 1.84 bits per heavy atom. The van der Waals surface area contributed by atoms with Gasteiger partial charge in [0.2, 0.25) is 0 Å². The van der Waals surface area contributed by atoms with Crippen molar-refractivity contribution in [2.45, 2.75) is 26.3 Å². The van der Waals surface area contributed by atoms with E-state index in [1.54, 1.807) is 0 Å². The van der Waals surface area contributed by atoms with E-state index in [4.69, 9.17) is 23.2 Å². The number of aryl methyl sites for hydroxylation is 2. The first-order chi connectivity index (χ1) is 9.04. The minimum atomic E-state index is 0.283. The van der Waals surface area contributed by atoms with Gasteiger partial charge in [0.25, 0.3) is 0 Å². The first-order valence-corrected chi connectivity index (χ1v) is 7.12. The first-order valence-electron chi connectivity index (χ1n) is 6.36. The molecule has 1 aliphatic heterocycles. The minimum Gasteiger partial charge on any atom is -0.378 e. The van der Waals surface area contributed by atoms with Crippen LogP contribution >= 0.6 is 23.2 Å². The predicted molar refractivity (Wildman–Crippen MR) is 82.4 cm³/mol. The zero-order valence-electron chi connectivity index (χ0n) is 10.9. The Hall–Kier alpha value is -1.18. The van der Waals surface area contributed by atoms with E-state index >= 15 is 0 Å². The number of hydrogen-bond acceptors (Lipinski definition) is 1. The van der Waals surface area contributed by atoms with Crippen molar-refractivity contribution < 1.29 is 0 Å². The molecule has 0 radical (unpaired) electrons. The van der Waals surface area contributed by atoms with Crippen molar-refractivity contribution in [1.29, 1.82) is 0 Å². The van der Waals surface area contributed by atoms with E-state index < -0.39 is 0 Å². The summed E-state index contributed by atoms with van der Waals surface area (Å²) in [5.41, 5.74) is 6.47. The predicted octanol–water partition coefficient (Wildman–Crippen LogP) is 5.32. The molecule has 3 heteroatoms. The van der Waals surface area contributed by atoms with Gasteiger partial charge in [0.05, 0.1) is 16.1 Å². The van der Waals surface area contributed by atoms with E-state index in [1.807, 2.05) is 18.2 Å². The topological polar surface area (TPSA) is 12.0 Å². The monoisotopic (exact) mass is 291 g/mol. The lowest BCUT2D eigenvalue weighted by Crippen LogP contribution is -2.05. The number of anilines is 1. The average Bonchev–Trinajstić information content (AvgIpc) is 2.76. The Morgan fingerprint density at radius 3 is 2.58 bits per heavy atom. The van der Waals surface area contributed by atoms with Gasteiger partial charge in [-0.1, -0.05) is 35.3 Å². The highest BCUT2D eigenvalue weighted by Gasteiger charge is 2.24. The third-order valence-electron chi connectivity index (χ3n) is 3.70. The minimum absolute atomic E-state index is 0.283. The molecule has 0 aliphatic carbocycles. The van der Waals surface area contributed by atoms with Crippen LogP contribution in [-0.4, -0.2) is 0 Å². The summed E-state index contributed by atoms with van der Waals surface area (Å²) in [6, 6.07) is 10.6. The summed E-state index contributed by atoms with van der Waals surface area (Å²) in [6.07, 6.45) is 0.999. The van der Waals surface area contributed by atoms with Crippen molar-refractivity contribution in [2.75, 3.05) is 5.32 Å². The number of halogens is 2. The third-order valence-corrected chi connectivity index (χ3v) is 4.44. The number of benzene rings is 2. The lowest BCUT2D eigenvalue weighted by Gasteiger charge is -2.12. The van der Waals surface area contributed by atoms with E-state index in [2.05, 4.69) is 31.3 Å². The van der Waals surface area contributed by atoms with Gasteiger partial charge in [-0.3, -0.25) is 0 Å². The van der Waals surface area contributed by atoms with Gasteiger partial charge < -0.3 is 5.32 Å². The second kappa shape index (κ2) is 4.73. The summed E-state index contributed by atoms with van der Waals surface area (Å²) in [5, 5.41) is 4.80. The van der Waals surface area contributed by atoms with Crippen LogP contribution in [0.15, 0.2) is 30.3 Å². The molecule has 1 atom stereocenters. The van der Waals surface area contributed by atoms with Crippen LogP contribution in [0.2, 0.25) is 10.0 Å². The van der Waals surface area contributed by atoms with Crippen LogP contribution < -0.4 is 5.32 Å². The lowest BCUT2D eigenvalue weighted by molar-refractivity contribution is 0.821. The van der Waals surface area contributed by atoms with Gasteiger partial charge >= 0.3 is 0 Å². The normalized spacial score (nSPS) is 17.2. The number of rotatable bonds is 1. The van der Waals surface area contributed by atoms with Gasteiger partial charge in [0, 0.05) is 5.69 Å². The van der Waals surface area contributed by atoms with Crippen LogP contribution in [0.5, 0.6) is 0 Å². The molecule has 2 aromatic rings. The molecule has 0 spiro atoms. The molecule has 19 heavy (non-hydrogen) atoms. The summed E-state index contributed by atoms with van der Waals surface area (Å²) >= 11 is 12.1. The van der Waals surface area contributed by atoms with Crippen molar-refractivity contribution in [3.05, 3.63) is 62.6 Å². The number of fused-ring (bicyclic) bond motifs is 1. The van der Waals surface area contributed by atoms with Gasteiger partial charge in [-0.05, 0) is 60.7 Å². The summed E-state index contributed by atoms with van der Waals surface area (Å²) in [6.45, 7) is 4.30. The molecule has 0 saturated carbocycles. The SMILES string of the molecule is Cc1cc(C)c2c(c1)NC(c1ccc(Cl)c(Cl)c1)C2. The highest BCUT2D eigenvalue weighted by atomic mass is 35.5. The van der Waals surface area contributed by atoms with Crippen LogP contribution in [0.4, 0.5) is 5.69 Å². The van der Waals surface area contributed by atoms with E-state index in [0.29, 0.717) is 10.0 Å². The largest absolute Gasteiger partial charge is 0.378 e. The lowest BCUT2D eigenvalue weighted by atomic mass is 9.99. The molecule has 1 aliphatic rings. The fourth-order valence-corrected chi connectivity index (χ4v) is 3.08. The number of nitrogens with one attached hydrogen (secondary N) is 1. The van der Waals surface area contributed by atoms with Crippen molar-refractivity contribution >= 4 is 28.9 Å². The molecule has 98 valence electrons. The fraction of sp³-hybridized carbons (Fsp3) is 0.250. The maximum Gasteiger partial charge on any atom is 0.0595 e. The fourth-order valence-electron chi connectivity index (χ4n) is 2.77. The van der Waals surface area contributed by atoms with Crippen LogP contribution in [0.1, 0.15) is 28.3 Å². The van der Waals surface area contributed by atoms with E-state index in [-0.39, 0.29) is 6.04 Å². The molecule has 2 aromatic carbocycles. The maximum atomic E-state index is 6.10. The van der Waals surface area contributed by atoms with Crippen LogP contribution in [0.3, 0.4) is 0 Å². The standard InChI is InChI=1S/C16H15Cl2N/c1-9-5-10(2)12-8-15(19-16(12)6-9)11-3-4-13(17)14(18)7-11/h3-7,15,19H,8H2,1-2H3. The Balaban J connectivity index is 1.95. The van der Waals surface area contributed by atoms with E-state index in [9.17, 15) is 0 Å². The molecule has 0 amide bonds. The maximum absolute atomic E-state index is 6.10. The molecule has 1 nitrogen and oxygen atoms in total. The van der Waals surface area contributed by atoms with Gasteiger partial charge in [0.1, 0.15) is 0 Å². The molecule has 0 aromatic heterocycles. The van der Waals surface area contributed by atoms with Crippen molar-refractivity contribution in [3.63, 3.8) is 0 Å². The summed E-state index contributed by atoms with van der Waals surface area (Å²) in [4.78, 5) is 0. The van der Waals surface area contributed by atoms with Gasteiger partial charge in [-0.25, -0.2) is 0 Å². The van der Waals surface area contributed by atoms with Gasteiger partial charge in [-0.2, -0.15) is 0 Å². The first kappa shape index (κ1) is 12.8. The molecule has 1 N–H and O–H groups in total. The Morgan fingerprint density at radius 1 is 1.05 bits per heavy atom. The second-order valence-corrected chi connectivity index (χ2v) is 6.00. The average molecular weight is 292 g/mol. The summed E-state index contributed by atoms with van der Waals surface area (Å²) < 4.78 is 0. The smallest absolute Gasteiger partial charge is 0.0595 e. The molecule has 0 saturated heterocycles. The second-order valence-electron chi connectivity index (χ2n) is 5.18. The molecular weight excluding hydrogens is 277 g/mol. The van der Waals surface area contributed by atoms with Gasteiger partial charge in [-0.15, -0.1) is 0 Å². The van der Waals surface area contributed by atoms with Crippen molar-refractivity contribution in [3.8, 4) is 0 Å². The highest BCUT2D eigenvalue weighted by Crippen LogP contribution is 2.38. The molecule has 3 rings (SSSR count). The Bertz CT molecular complexity index is 649. The van der Waals surface area contributed by atoms with Crippen LogP contribution in [0, 0.1) is 13.8 Å². The Labute approximate surface area is 123 Å². The molecule has 0 fully saturated rings. The Kier molecular flexibility index (Phi) is 3.20. The summed E-state index contributed by atoms with van der Waals surface area (Å²) in [7, 11) is 0. The van der Waals surface area contributed by atoms with Crippen LogP contribution in [-0.2, 0) is 6.42 Å². The number of hydrogen-bond donors (Lipinski definition) is 1. The zero-order valence-corrected chi connectivity index (χ0v) is 12.4. The highest BCUT2D eigenvalue weighted by molar-refractivity contribution is 6.42. The molecule has 1 unspecified atom stereocenters. The third kappa shape index (κ3) is 2.33. The van der Waals surface area contributed by atoms with Crippen molar-refractivity contribution in [2.24, 2.45) is 0 Å². The molecular formula is C16H15Cl2N. The quantitative estimate of drug-likeness (QED) is 0.750. The molecule has 0 bridgehead atoms. The van der Waals surface area contributed by atoms with E-state index in [1.165, 1.54) is 27.9 Å².